The largest absolute Gasteiger partial charge is 0.360 e. The number of nitrogens with one attached hydrogen (secondary N) is 1. The smallest absolute Gasteiger partial charge is 0.267 e. The monoisotopic (exact) mass is 373 g/mol. The van der Waals surface area contributed by atoms with Gasteiger partial charge in [0.2, 0.25) is 5.78 Å². The number of anilines is 1. The highest BCUT2D eigenvalue weighted by molar-refractivity contribution is 7.12. The summed E-state index contributed by atoms with van der Waals surface area (Å²) in [6.07, 6.45) is 1.65. The lowest BCUT2D eigenvalue weighted by Gasteiger charge is -2.09. The van der Waals surface area contributed by atoms with Gasteiger partial charge in [-0.3, -0.25) is 14.4 Å². The normalized spacial score (nSPS) is 13.4. The molecule has 1 aliphatic heterocycles. The molecule has 5 rings (SSSR count). The Labute approximate surface area is 157 Å². The lowest BCUT2D eigenvalue weighted by atomic mass is 10.1. The molecule has 0 aliphatic carbocycles. The first-order chi connectivity index (χ1) is 13.1. The Balaban J connectivity index is 1.51. The van der Waals surface area contributed by atoms with Gasteiger partial charge in [0.05, 0.1) is 16.7 Å². The molecule has 2 aromatic carbocycles. The molecule has 2 aromatic heterocycles. The van der Waals surface area contributed by atoms with Crippen molar-refractivity contribution in [3.8, 4) is 0 Å². The van der Waals surface area contributed by atoms with Gasteiger partial charge in [-0.15, -0.1) is 11.3 Å². The number of rotatable bonds is 3. The van der Waals surface area contributed by atoms with E-state index in [0.717, 1.165) is 27.1 Å². The van der Waals surface area contributed by atoms with Gasteiger partial charge < -0.3 is 4.98 Å². The molecule has 0 saturated carbocycles. The molecule has 1 N–H and O–H groups in total. The Kier molecular flexibility index (Phi) is 3.32. The first kappa shape index (κ1) is 15.7. The van der Waals surface area contributed by atoms with Crippen LogP contribution in [-0.4, -0.2) is 27.6 Å². The van der Waals surface area contributed by atoms with Crippen molar-refractivity contribution < 1.29 is 14.4 Å². The van der Waals surface area contributed by atoms with Crippen LogP contribution in [0.1, 0.15) is 36.1 Å². The van der Waals surface area contributed by atoms with Crippen LogP contribution in [-0.2, 0) is 0 Å². The van der Waals surface area contributed by atoms with E-state index >= 15 is 0 Å². The third kappa shape index (κ3) is 2.25. The fraction of sp³-hybridized carbons (Fsp3) is 0. The Hall–Kier alpha value is -3.58. The second-order valence-corrected chi connectivity index (χ2v) is 6.94. The summed E-state index contributed by atoms with van der Waals surface area (Å²) in [5.74, 6) is -0.923. The number of nitrogens with zero attached hydrogens (tertiary/aromatic N) is 2. The molecular weight excluding hydrogens is 362 g/mol. The van der Waals surface area contributed by atoms with Gasteiger partial charge in [0, 0.05) is 22.5 Å². The summed E-state index contributed by atoms with van der Waals surface area (Å²) in [5, 5.41) is 2.59. The molecular formula is C20H11N3O3S. The van der Waals surface area contributed by atoms with E-state index in [2.05, 4.69) is 9.97 Å². The van der Waals surface area contributed by atoms with E-state index in [1.165, 1.54) is 0 Å². The molecule has 4 aromatic rings. The lowest BCUT2D eigenvalue weighted by molar-refractivity contribution is 0.0923. The van der Waals surface area contributed by atoms with Crippen molar-refractivity contribution in [3.05, 3.63) is 81.8 Å². The molecule has 1 aliphatic rings. The van der Waals surface area contributed by atoms with E-state index < -0.39 is 11.8 Å². The molecule has 27 heavy (non-hydrogen) atoms. The van der Waals surface area contributed by atoms with E-state index in [1.54, 1.807) is 35.8 Å². The average molecular weight is 373 g/mol. The maximum Gasteiger partial charge on any atom is 0.267 e. The van der Waals surface area contributed by atoms with Crippen LogP contribution in [0.5, 0.6) is 0 Å². The first-order valence-corrected chi connectivity index (χ1v) is 9.07. The molecule has 7 heteroatoms. The summed E-state index contributed by atoms with van der Waals surface area (Å²) < 4.78 is 0. The summed E-state index contributed by atoms with van der Waals surface area (Å²) in [7, 11) is 0. The van der Waals surface area contributed by atoms with Crippen molar-refractivity contribution in [2.24, 2.45) is 0 Å². The standard InChI is InChI=1S/C20H11N3O3S/c24-17(14-9-21-15-8-4-3-5-11(14)15)18-22-16(10-27-18)23-19(25)12-6-1-2-7-13(12)20(23)26/h1-10,21H. The summed E-state index contributed by atoms with van der Waals surface area (Å²) in [4.78, 5) is 46.4. The Bertz CT molecular complexity index is 1220. The van der Waals surface area contributed by atoms with E-state index in [0.29, 0.717) is 16.7 Å². The minimum Gasteiger partial charge on any atom is -0.360 e. The summed E-state index contributed by atoms with van der Waals surface area (Å²) in [6.45, 7) is 0. The van der Waals surface area contributed by atoms with Gasteiger partial charge in [-0.05, 0) is 18.2 Å². The molecule has 0 fully saturated rings. The number of H-pyrrole nitrogens is 1. The van der Waals surface area contributed by atoms with Gasteiger partial charge in [-0.25, -0.2) is 9.88 Å². The highest BCUT2D eigenvalue weighted by atomic mass is 32.1. The van der Waals surface area contributed by atoms with Crippen molar-refractivity contribution in [2.45, 2.75) is 0 Å². The second kappa shape index (κ2) is 5.72. The van der Waals surface area contributed by atoms with Gasteiger partial charge >= 0.3 is 0 Å². The molecule has 2 amide bonds. The number of para-hydroxylation sites is 1. The Morgan fingerprint density at radius 2 is 1.63 bits per heavy atom. The molecule has 0 radical (unpaired) electrons. The fourth-order valence-electron chi connectivity index (χ4n) is 3.24. The topological polar surface area (TPSA) is 83.1 Å². The number of carbonyl (C=O) groups excluding carboxylic acids is 3. The molecule has 3 heterocycles. The molecule has 6 nitrogen and oxygen atoms in total. The van der Waals surface area contributed by atoms with Crippen molar-refractivity contribution >= 4 is 45.7 Å². The number of thiazole rings is 1. The highest BCUT2D eigenvalue weighted by Gasteiger charge is 2.37. The fourth-order valence-corrected chi connectivity index (χ4v) is 3.98. The van der Waals surface area contributed by atoms with Crippen LogP contribution in [0.25, 0.3) is 10.9 Å². The van der Waals surface area contributed by atoms with Gasteiger partial charge in [-0.2, -0.15) is 0 Å². The number of imide groups is 1. The van der Waals surface area contributed by atoms with Gasteiger partial charge in [0.15, 0.2) is 10.8 Å². The minimum absolute atomic E-state index is 0.175. The Morgan fingerprint density at radius 1 is 0.963 bits per heavy atom. The zero-order chi connectivity index (χ0) is 18.5. The summed E-state index contributed by atoms with van der Waals surface area (Å²) in [5.41, 5.74) is 2.06. The van der Waals surface area contributed by atoms with Crippen LogP contribution < -0.4 is 4.90 Å². The molecule has 0 bridgehead atoms. The number of benzene rings is 2. The van der Waals surface area contributed by atoms with Crippen LogP contribution in [0, 0.1) is 0 Å². The van der Waals surface area contributed by atoms with Crippen LogP contribution in [0.15, 0.2) is 60.1 Å². The summed E-state index contributed by atoms with van der Waals surface area (Å²) in [6, 6.07) is 14.1. The number of ketones is 1. The SMILES string of the molecule is O=C(c1nc(N2C(=O)c3ccccc3C2=O)cs1)c1c[nH]c2ccccc12. The third-order valence-electron chi connectivity index (χ3n) is 4.54. The van der Waals surface area contributed by atoms with Crippen molar-refractivity contribution in [2.75, 3.05) is 4.90 Å². The van der Waals surface area contributed by atoms with Crippen molar-refractivity contribution in [3.63, 3.8) is 0 Å². The van der Waals surface area contributed by atoms with Crippen LogP contribution >= 0.6 is 11.3 Å². The lowest BCUT2D eigenvalue weighted by Crippen LogP contribution is -2.29. The first-order valence-electron chi connectivity index (χ1n) is 8.19. The van der Waals surface area contributed by atoms with E-state index in [1.807, 2.05) is 24.3 Å². The molecule has 0 atom stereocenters. The van der Waals surface area contributed by atoms with Crippen molar-refractivity contribution in [1.82, 2.24) is 9.97 Å². The molecule has 0 saturated heterocycles. The molecule has 130 valence electrons. The van der Waals surface area contributed by atoms with Gasteiger partial charge in [-0.1, -0.05) is 30.3 Å². The van der Waals surface area contributed by atoms with Crippen LogP contribution in [0.2, 0.25) is 0 Å². The third-order valence-corrected chi connectivity index (χ3v) is 5.37. The minimum atomic E-state index is -0.424. The predicted octanol–water partition coefficient (Wildman–Crippen LogP) is 3.66. The predicted molar refractivity (Wildman–Crippen MR) is 101 cm³/mol. The molecule has 0 spiro atoms. The highest BCUT2D eigenvalue weighted by Crippen LogP contribution is 2.30. The van der Waals surface area contributed by atoms with E-state index in [4.69, 9.17) is 0 Å². The maximum atomic E-state index is 12.9. The van der Waals surface area contributed by atoms with E-state index in [9.17, 15) is 14.4 Å². The number of hydrogen-bond donors (Lipinski definition) is 1. The number of carbonyl (C=O) groups is 3. The van der Waals surface area contributed by atoms with Crippen molar-refractivity contribution in [1.29, 1.82) is 0 Å². The Morgan fingerprint density at radius 3 is 2.37 bits per heavy atom. The van der Waals surface area contributed by atoms with Crippen LogP contribution in [0.3, 0.4) is 0 Å². The van der Waals surface area contributed by atoms with E-state index in [-0.39, 0.29) is 16.6 Å². The van der Waals surface area contributed by atoms with Gasteiger partial charge in [0.1, 0.15) is 0 Å². The van der Waals surface area contributed by atoms with Gasteiger partial charge in [0.25, 0.3) is 11.8 Å². The quantitative estimate of drug-likeness (QED) is 0.439. The number of hydrogen-bond acceptors (Lipinski definition) is 5. The molecule has 0 unspecified atom stereocenters. The average Bonchev–Trinajstić information content (AvgIpc) is 3.39. The second-order valence-electron chi connectivity index (χ2n) is 6.08. The number of aromatic nitrogens is 2. The number of fused-ring (bicyclic) bond motifs is 2. The zero-order valence-electron chi connectivity index (χ0n) is 13.8. The van der Waals surface area contributed by atoms with Crippen LogP contribution in [0.4, 0.5) is 5.82 Å². The number of amides is 2. The zero-order valence-corrected chi connectivity index (χ0v) is 14.6. The number of aromatic amines is 1. The maximum absolute atomic E-state index is 12.9. The summed E-state index contributed by atoms with van der Waals surface area (Å²) >= 11 is 1.11.